The standard InChI is InChI=1S/C14H23N5O/c1-10(2)9-16-13(20)11(3)17-14(19-15)18-12-7-5-4-6-8-12/h4-8,10-11H,9,15H2,1-3H3,(H,16,20)(H2,17,18,19). The number of para-hydroxylation sites is 1. The maximum atomic E-state index is 11.8. The molecule has 6 heteroatoms. The summed E-state index contributed by atoms with van der Waals surface area (Å²) in [6.07, 6.45) is 0. The lowest BCUT2D eigenvalue weighted by atomic mass is 10.2. The largest absolute Gasteiger partial charge is 0.354 e. The Bertz CT molecular complexity index is 444. The summed E-state index contributed by atoms with van der Waals surface area (Å²) in [5.41, 5.74) is 3.31. The number of nitrogens with two attached hydrogens (primary N) is 1. The highest BCUT2D eigenvalue weighted by molar-refractivity contribution is 5.95. The summed E-state index contributed by atoms with van der Waals surface area (Å²) >= 11 is 0. The quantitative estimate of drug-likeness (QED) is 0.280. The van der Waals surface area contributed by atoms with Gasteiger partial charge in [-0.1, -0.05) is 32.0 Å². The number of nitrogens with zero attached hydrogens (tertiary/aromatic N) is 1. The Hall–Kier alpha value is -2.08. The summed E-state index contributed by atoms with van der Waals surface area (Å²) in [6, 6.07) is 8.97. The first-order valence-electron chi connectivity index (χ1n) is 6.67. The predicted octanol–water partition coefficient (Wildman–Crippen LogP) is 1.08. The number of carbonyl (C=O) groups is 1. The van der Waals surface area contributed by atoms with Crippen molar-refractivity contribution in [1.29, 1.82) is 0 Å². The number of nitrogens with one attached hydrogen (secondary N) is 3. The van der Waals surface area contributed by atoms with E-state index >= 15 is 0 Å². The molecule has 1 aromatic carbocycles. The van der Waals surface area contributed by atoms with Crippen molar-refractivity contribution in [1.82, 2.24) is 10.7 Å². The van der Waals surface area contributed by atoms with Crippen LogP contribution in [0.1, 0.15) is 20.8 Å². The van der Waals surface area contributed by atoms with Crippen LogP contribution < -0.4 is 21.9 Å². The van der Waals surface area contributed by atoms with Gasteiger partial charge in [0, 0.05) is 12.2 Å². The van der Waals surface area contributed by atoms with Gasteiger partial charge in [0.15, 0.2) is 0 Å². The molecule has 0 heterocycles. The molecule has 20 heavy (non-hydrogen) atoms. The fourth-order valence-electron chi connectivity index (χ4n) is 1.47. The normalized spacial score (nSPS) is 12.9. The SMILES string of the molecule is CC(C)CNC(=O)C(C)N=C(NN)Nc1ccccc1. The van der Waals surface area contributed by atoms with Crippen LogP contribution in [0.3, 0.4) is 0 Å². The van der Waals surface area contributed by atoms with E-state index in [-0.39, 0.29) is 5.91 Å². The molecular formula is C14H23N5O. The number of anilines is 1. The maximum absolute atomic E-state index is 11.8. The van der Waals surface area contributed by atoms with Crippen molar-refractivity contribution in [2.45, 2.75) is 26.8 Å². The van der Waals surface area contributed by atoms with Crippen LogP contribution in [0.15, 0.2) is 35.3 Å². The number of rotatable bonds is 5. The molecule has 110 valence electrons. The number of hydrogen-bond donors (Lipinski definition) is 4. The summed E-state index contributed by atoms with van der Waals surface area (Å²) in [7, 11) is 0. The molecular weight excluding hydrogens is 254 g/mol. The topological polar surface area (TPSA) is 91.5 Å². The Morgan fingerprint density at radius 1 is 1.25 bits per heavy atom. The van der Waals surface area contributed by atoms with Gasteiger partial charge in [0.1, 0.15) is 6.04 Å². The Kier molecular flexibility index (Phi) is 6.52. The van der Waals surface area contributed by atoms with Crippen molar-refractivity contribution < 1.29 is 4.79 Å². The molecule has 0 bridgehead atoms. The summed E-state index contributed by atoms with van der Waals surface area (Å²) in [6.45, 7) is 6.44. The summed E-state index contributed by atoms with van der Waals surface area (Å²) in [4.78, 5) is 16.1. The zero-order valence-electron chi connectivity index (χ0n) is 12.2. The van der Waals surface area contributed by atoms with E-state index in [4.69, 9.17) is 5.84 Å². The van der Waals surface area contributed by atoms with E-state index in [0.29, 0.717) is 18.4 Å². The molecule has 1 unspecified atom stereocenters. The Balaban J connectivity index is 2.61. The minimum atomic E-state index is -0.518. The van der Waals surface area contributed by atoms with Crippen molar-refractivity contribution in [3.8, 4) is 0 Å². The molecule has 0 radical (unpaired) electrons. The molecule has 1 aromatic rings. The zero-order valence-corrected chi connectivity index (χ0v) is 12.2. The molecule has 6 nitrogen and oxygen atoms in total. The van der Waals surface area contributed by atoms with Crippen LogP contribution in [-0.4, -0.2) is 24.5 Å². The average Bonchev–Trinajstić information content (AvgIpc) is 2.44. The zero-order chi connectivity index (χ0) is 15.0. The van der Waals surface area contributed by atoms with Crippen LogP contribution >= 0.6 is 0 Å². The van der Waals surface area contributed by atoms with Gasteiger partial charge in [0.25, 0.3) is 0 Å². The van der Waals surface area contributed by atoms with E-state index in [1.807, 2.05) is 44.2 Å². The van der Waals surface area contributed by atoms with Gasteiger partial charge < -0.3 is 10.6 Å². The van der Waals surface area contributed by atoms with Crippen molar-refractivity contribution in [3.05, 3.63) is 30.3 Å². The molecule has 0 aliphatic carbocycles. The lowest BCUT2D eigenvalue weighted by Crippen LogP contribution is -2.40. The fourth-order valence-corrected chi connectivity index (χ4v) is 1.47. The monoisotopic (exact) mass is 277 g/mol. The van der Waals surface area contributed by atoms with Crippen LogP contribution in [-0.2, 0) is 4.79 Å². The summed E-state index contributed by atoms with van der Waals surface area (Å²) < 4.78 is 0. The maximum Gasteiger partial charge on any atom is 0.244 e. The van der Waals surface area contributed by atoms with Crippen molar-refractivity contribution in [2.75, 3.05) is 11.9 Å². The highest BCUT2D eigenvalue weighted by Gasteiger charge is 2.12. The van der Waals surface area contributed by atoms with Crippen LogP contribution in [0.2, 0.25) is 0 Å². The third-order valence-corrected chi connectivity index (χ3v) is 2.56. The van der Waals surface area contributed by atoms with Gasteiger partial charge in [-0.3, -0.25) is 10.2 Å². The summed E-state index contributed by atoms with van der Waals surface area (Å²) in [5.74, 6) is 6.05. The molecule has 0 aromatic heterocycles. The Morgan fingerprint density at radius 2 is 1.90 bits per heavy atom. The molecule has 0 aliphatic heterocycles. The minimum absolute atomic E-state index is 0.124. The van der Waals surface area contributed by atoms with E-state index in [9.17, 15) is 4.79 Å². The van der Waals surface area contributed by atoms with Crippen molar-refractivity contribution >= 4 is 17.6 Å². The predicted molar refractivity (Wildman–Crippen MR) is 82.1 cm³/mol. The van der Waals surface area contributed by atoms with Gasteiger partial charge in [-0.05, 0) is 25.0 Å². The Labute approximate surface area is 119 Å². The number of hydrogen-bond acceptors (Lipinski definition) is 3. The second kappa shape index (κ2) is 8.16. The fraction of sp³-hybridized carbons (Fsp3) is 0.429. The number of guanidine groups is 1. The van der Waals surface area contributed by atoms with Crippen LogP contribution in [0.25, 0.3) is 0 Å². The molecule has 1 amide bonds. The van der Waals surface area contributed by atoms with Crippen LogP contribution in [0.5, 0.6) is 0 Å². The highest BCUT2D eigenvalue weighted by Crippen LogP contribution is 2.04. The number of aliphatic imine (C=N–C) groups is 1. The van der Waals surface area contributed by atoms with Crippen LogP contribution in [0.4, 0.5) is 5.69 Å². The van der Waals surface area contributed by atoms with E-state index in [0.717, 1.165) is 5.69 Å². The molecule has 1 atom stereocenters. The highest BCUT2D eigenvalue weighted by atomic mass is 16.2. The van der Waals surface area contributed by atoms with Gasteiger partial charge in [0.05, 0.1) is 0 Å². The van der Waals surface area contributed by atoms with Gasteiger partial charge in [-0.2, -0.15) is 0 Å². The van der Waals surface area contributed by atoms with Gasteiger partial charge in [-0.15, -0.1) is 0 Å². The number of benzene rings is 1. The van der Waals surface area contributed by atoms with E-state index < -0.39 is 6.04 Å². The molecule has 5 N–H and O–H groups in total. The third-order valence-electron chi connectivity index (χ3n) is 2.56. The smallest absolute Gasteiger partial charge is 0.244 e. The van der Waals surface area contributed by atoms with Gasteiger partial charge in [-0.25, -0.2) is 10.8 Å². The van der Waals surface area contributed by atoms with E-state index in [2.05, 4.69) is 21.1 Å². The first kappa shape index (κ1) is 16.0. The molecule has 0 saturated carbocycles. The number of carbonyl (C=O) groups excluding carboxylic acids is 1. The first-order valence-corrected chi connectivity index (χ1v) is 6.67. The average molecular weight is 277 g/mol. The van der Waals surface area contributed by atoms with Gasteiger partial charge in [0.2, 0.25) is 11.9 Å². The third kappa shape index (κ3) is 5.71. The molecule has 0 saturated heterocycles. The molecule has 0 spiro atoms. The number of amides is 1. The van der Waals surface area contributed by atoms with E-state index in [1.54, 1.807) is 6.92 Å². The molecule has 0 fully saturated rings. The first-order chi connectivity index (χ1) is 9.52. The minimum Gasteiger partial charge on any atom is -0.354 e. The van der Waals surface area contributed by atoms with Crippen molar-refractivity contribution in [3.63, 3.8) is 0 Å². The van der Waals surface area contributed by atoms with Crippen molar-refractivity contribution in [2.24, 2.45) is 16.8 Å². The number of hydrazine groups is 1. The second-order valence-electron chi connectivity index (χ2n) is 4.93. The Morgan fingerprint density at radius 3 is 2.45 bits per heavy atom. The van der Waals surface area contributed by atoms with E-state index in [1.165, 1.54) is 0 Å². The lowest BCUT2D eigenvalue weighted by Gasteiger charge is -2.13. The lowest BCUT2D eigenvalue weighted by molar-refractivity contribution is -0.122. The second-order valence-corrected chi connectivity index (χ2v) is 4.93. The molecule has 1 rings (SSSR count). The van der Waals surface area contributed by atoms with Crippen LogP contribution in [0, 0.1) is 5.92 Å². The van der Waals surface area contributed by atoms with Gasteiger partial charge >= 0.3 is 0 Å². The summed E-state index contributed by atoms with van der Waals surface area (Å²) in [5, 5.41) is 5.85. The molecule has 0 aliphatic rings.